The van der Waals surface area contributed by atoms with Gasteiger partial charge >= 0.3 is 0 Å². The first-order valence-corrected chi connectivity index (χ1v) is 9.36. The lowest BCUT2D eigenvalue weighted by molar-refractivity contribution is -0.147. The molecule has 2 aliphatic rings. The zero-order chi connectivity index (χ0) is 17.7. The molecule has 1 unspecified atom stereocenters. The predicted molar refractivity (Wildman–Crippen MR) is 97.7 cm³/mol. The van der Waals surface area contributed by atoms with E-state index in [1.165, 1.54) is 0 Å². The number of rotatable bonds is 5. The van der Waals surface area contributed by atoms with Crippen molar-refractivity contribution in [2.24, 2.45) is 5.92 Å². The molecule has 5 nitrogen and oxygen atoms in total. The molecule has 2 fully saturated rings. The van der Waals surface area contributed by atoms with Crippen LogP contribution in [0.4, 0.5) is 0 Å². The minimum absolute atomic E-state index is 0.122. The normalized spacial score (nSPS) is 24.1. The summed E-state index contributed by atoms with van der Waals surface area (Å²) in [5.74, 6) is 1.35. The number of benzene rings is 1. The first-order valence-electron chi connectivity index (χ1n) is 9.36. The average molecular weight is 346 g/mol. The highest BCUT2D eigenvalue weighted by Crippen LogP contribution is 2.30. The number of hydrogen-bond donors (Lipinski definition) is 0. The first kappa shape index (κ1) is 18.2. The maximum absolute atomic E-state index is 12.8. The summed E-state index contributed by atoms with van der Waals surface area (Å²) in [5.41, 5.74) is -0.171. The summed E-state index contributed by atoms with van der Waals surface area (Å²) in [6, 6.07) is 9.91. The fourth-order valence-electron chi connectivity index (χ4n) is 3.70. The second-order valence-corrected chi connectivity index (χ2v) is 7.63. The minimum Gasteiger partial charge on any atom is -0.492 e. The summed E-state index contributed by atoms with van der Waals surface area (Å²) in [4.78, 5) is 17.2. The Morgan fingerprint density at radius 1 is 1.20 bits per heavy atom. The van der Waals surface area contributed by atoms with Gasteiger partial charge in [0, 0.05) is 45.2 Å². The van der Waals surface area contributed by atoms with E-state index in [9.17, 15) is 4.79 Å². The van der Waals surface area contributed by atoms with Gasteiger partial charge in [-0.1, -0.05) is 18.2 Å². The third-order valence-electron chi connectivity index (χ3n) is 5.15. The van der Waals surface area contributed by atoms with Crippen molar-refractivity contribution in [1.82, 2.24) is 9.80 Å². The van der Waals surface area contributed by atoms with Crippen molar-refractivity contribution >= 4 is 5.91 Å². The zero-order valence-electron chi connectivity index (χ0n) is 15.4. The highest BCUT2D eigenvalue weighted by molar-refractivity contribution is 5.79. The fraction of sp³-hybridized carbons (Fsp3) is 0.650. The van der Waals surface area contributed by atoms with Crippen LogP contribution in [0.15, 0.2) is 30.3 Å². The lowest BCUT2D eigenvalue weighted by atomic mass is 9.87. The number of nitrogens with zero attached hydrogens (tertiary/aromatic N) is 2. The summed E-state index contributed by atoms with van der Waals surface area (Å²) in [5, 5.41) is 0. The molecule has 1 aromatic carbocycles. The van der Waals surface area contributed by atoms with E-state index in [4.69, 9.17) is 9.47 Å². The molecule has 5 heteroatoms. The Hall–Kier alpha value is -1.59. The summed E-state index contributed by atoms with van der Waals surface area (Å²) >= 11 is 0. The third-order valence-corrected chi connectivity index (χ3v) is 5.15. The van der Waals surface area contributed by atoms with E-state index < -0.39 is 0 Å². The topological polar surface area (TPSA) is 42.0 Å². The standard InChI is InChI=1S/C20H30N2O3/c1-20(2)16-17(8-14-25-20)19(23)22-11-9-21(10-12-22)13-15-24-18-6-4-3-5-7-18/h3-7,17H,8-16H2,1-2H3. The molecule has 1 atom stereocenters. The van der Waals surface area contributed by atoms with E-state index >= 15 is 0 Å². The quantitative estimate of drug-likeness (QED) is 0.821. The molecule has 0 N–H and O–H groups in total. The Labute approximate surface area is 150 Å². The van der Waals surface area contributed by atoms with Crippen LogP contribution in [0.25, 0.3) is 0 Å². The molecule has 1 amide bonds. The Kier molecular flexibility index (Phi) is 5.97. The Bertz CT molecular complexity index is 553. The van der Waals surface area contributed by atoms with Gasteiger partial charge in [-0.3, -0.25) is 9.69 Å². The van der Waals surface area contributed by atoms with Gasteiger partial charge in [-0.25, -0.2) is 0 Å². The Morgan fingerprint density at radius 2 is 1.92 bits per heavy atom. The van der Waals surface area contributed by atoms with Gasteiger partial charge in [-0.2, -0.15) is 0 Å². The molecule has 0 saturated carbocycles. The van der Waals surface area contributed by atoms with E-state index in [1.807, 2.05) is 35.2 Å². The SMILES string of the molecule is CC1(C)CC(C(=O)N2CCN(CCOc3ccccc3)CC2)CCO1. The van der Waals surface area contributed by atoms with E-state index in [0.29, 0.717) is 19.1 Å². The lowest BCUT2D eigenvalue weighted by Gasteiger charge is -2.40. The van der Waals surface area contributed by atoms with Crippen LogP contribution in [0.1, 0.15) is 26.7 Å². The molecular weight excluding hydrogens is 316 g/mol. The van der Waals surface area contributed by atoms with Crippen molar-refractivity contribution in [2.45, 2.75) is 32.3 Å². The smallest absolute Gasteiger partial charge is 0.225 e. The van der Waals surface area contributed by atoms with Crippen LogP contribution >= 0.6 is 0 Å². The molecule has 0 aromatic heterocycles. The summed E-state index contributed by atoms with van der Waals surface area (Å²) in [7, 11) is 0. The number of amides is 1. The monoisotopic (exact) mass is 346 g/mol. The predicted octanol–water partition coefficient (Wildman–Crippen LogP) is 2.41. The van der Waals surface area contributed by atoms with E-state index in [0.717, 1.165) is 51.3 Å². The van der Waals surface area contributed by atoms with Crippen LogP contribution in [0.2, 0.25) is 0 Å². The van der Waals surface area contributed by atoms with Crippen LogP contribution in [0.3, 0.4) is 0 Å². The largest absolute Gasteiger partial charge is 0.492 e. The molecular formula is C20H30N2O3. The lowest BCUT2D eigenvalue weighted by Crippen LogP contribution is -2.52. The molecule has 1 aromatic rings. The molecule has 0 spiro atoms. The van der Waals surface area contributed by atoms with E-state index in [1.54, 1.807) is 0 Å². The average Bonchev–Trinajstić information content (AvgIpc) is 2.62. The van der Waals surface area contributed by atoms with Gasteiger partial charge in [0.25, 0.3) is 0 Å². The van der Waals surface area contributed by atoms with Crippen molar-refractivity contribution in [3.05, 3.63) is 30.3 Å². The summed E-state index contributed by atoms with van der Waals surface area (Å²) in [6.45, 7) is 9.94. The van der Waals surface area contributed by atoms with Crippen molar-refractivity contribution < 1.29 is 14.3 Å². The van der Waals surface area contributed by atoms with Gasteiger partial charge in [-0.15, -0.1) is 0 Å². The minimum atomic E-state index is -0.171. The van der Waals surface area contributed by atoms with Crippen LogP contribution < -0.4 is 4.74 Å². The molecule has 0 bridgehead atoms. The van der Waals surface area contributed by atoms with Crippen LogP contribution in [-0.4, -0.2) is 67.2 Å². The molecule has 25 heavy (non-hydrogen) atoms. The van der Waals surface area contributed by atoms with Gasteiger partial charge in [-0.05, 0) is 38.8 Å². The van der Waals surface area contributed by atoms with Crippen LogP contribution in [0.5, 0.6) is 5.75 Å². The molecule has 138 valence electrons. The Balaban J connectivity index is 1.39. The third kappa shape index (κ3) is 5.19. The highest BCUT2D eigenvalue weighted by atomic mass is 16.5. The van der Waals surface area contributed by atoms with Crippen molar-refractivity contribution in [3.63, 3.8) is 0 Å². The van der Waals surface area contributed by atoms with Gasteiger partial charge in [0.1, 0.15) is 12.4 Å². The van der Waals surface area contributed by atoms with Crippen molar-refractivity contribution in [3.8, 4) is 5.75 Å². The number of ether oxygens (including phenoxy) is 2. The number of piperazine rings is 1. The van der Waals surface area contributed by atoms with Gasteiger partial charge in [0.2, 0.25) is 5.91 Å². The maximum Gasteiger partial charge on any atom is 0.225 e. The van der Waals surface area contributed by atoms with Crippen LogP contribution in [-0.2, 0) is 9.53 Å². The number of hydrogen-bond acceptors (Lipinski definition) is 4. The van der Waals surface area contributed by atoms with Gasteiger partial charge < -0.3 is 14.4 Å². The number of carbonyl (C=O) groups is 1. The fourth-order valence-corrected chi connectivity index (χ4v) is 3.70. The number of carbonyl (C=O) groups excluding carboxylic acids is 1. The molecule has 2 aliphatic heterocycles. The second kappa shape index (κ2) is 8.19. The highest BCUT2D eigenvalue weighted by Gasteiger charge is 2.35. The zero-order valence-corrected chi connectivity index (χ0v) is 15.4. The maximum atomic E-state index is 12.8. The van der Waals surface area contributed by atoms with E-state index in [-0.39, 0.29) is 11.5 Å². The van der Waals surface area contributed by atoms with Crippen LogP contribution in [0, 0.1) is 5.92 Å². The van der Waals surface area contributed by atoms with Gasteiger partial charge in [0.15, 0.2) is 0 Å². The molecule has 2 heterocycles. The van der Waals surface area contributed by atoms with Crippen molar-refractivity contribution in [1.29, 1.82) is 0 Å². The summed E-state index contributed by atoms with van der Waals surface area (Å²) < 4.78 is 11.5. The molecule has 3 rings (SSSR count). The Morgan fingerprint density at radius 3 is 2.60 bits per heavy atom. The van der Waals surface area contributed by atoms with Crippen molar-refractivity contribution in [2.75, 3.05) is 45.9 Å². The first-order chi connectivity index (χ1) is 12.0. The second-order valence-electron chi connectivity index (χ2n) is 7.63. The summed E-state index contributed by atoms with van der Waals surface area (Å²) in [6.07, 6.45) is 1.68. The molecule has 0 radical (unpaired) electrons. The number of para-hydroxylation sites is 1. The van der Waals surface area contributed by atoms with E-state index in [2.05, 4.69) is 18.7 Å². The molecule has 0 aliphatic carbocycles. The van der Waals surface area contributed by atoms with Gasteiger partial charge in [0.05, 0.1) is 5.60 Å². The molecule has 2 saturated heterocycles.